The molecule has 2 aromatic carbocycles. The molecule has 0 aliphatic heterocycles. The first-order valence-corrected chi connectivity index (χ1v) is 8.24. The molecule has 1 aromatic heterocycles. The predicted octanol–water partition coefficient (Wildman–Crippen LogP) is 5.03. The number of hydrogen-bond donors (Lipinski definition) is 1. The molecule has 0 radical (unpaired) electrons. The van der Waals surface area contributed by atoms with Crippen LogP contribution in [0.3, 0.4) is 0 Å². The molecule has 3 rings (SSSR count). The highest BCUT2D eigenvalue weighted by Crippen LogP contribution is 2.32. The number of nitrogens with one attached hydrogen (secondary N) is 1. The van der Waals surface area contributed by atoms with Crippen LogP contribution in [-0.2, 0) is 6.54 Å². The zero-order chi connectivity index (χ0) is 17.6. The highest BCUT2D eigenvalue weighted by molar-refractivity contribution is 6.30. The summed E-state index contributed by atoms with van der Waals surface area (Å²) in [5.74, 6) is 1.41. The van der Waals surface area contributed by atoms with Gasteiger partial charge in [-0.2, -0.15) is 0 Å². The van der Waals surface area contributed by atoms with Gasteiger partial charge in [-0.1, -0.05) is 29.8 Å². The first kappa shape index (κ1) is 17.1. The molecule has 0 bridgehead atoms. The van der Waals surface area contributed by atoms with Crippen LogP contribution in [0.5, 0.6) is 11.6 Å². The van der Waals surface area contributed by atoms with Crippen molar-refractivity contribution in [2.45, 2.75) is 6.54 Å². The normalized spacial score (nSPS) is 10.4. The fraction of sp³-hybridized carbons (Fsp3) is 0.150. The number of aromatic nitrogens is 1. The lowest BCUT2D eigenvalue weighted by Gasteiger charge is -2.12. The van der Waals surface area contributed by atoms with Crippen molar-refractivity contribution in [3.63, 3.8) is 0 Å². The first-order valence-electron chi connectivity index (χ1n) is 7.86. The molecule has 3 aromatic rings. The number of halogens is 1. The number of hydrogen-bond acceptors (Lipinski definition) is 4. The van der Waals surface area contributed by atoms with Crippen molar-refractivity contribution in [2.24, 2.45) is 0 Å². The molecular formula is C20H19ClN2O2. The van der Waals surface area contributed by atoms with Crippen LogP contribution in [0.25, 0.3) is 11.1 Å². The summed E-state index contributed by atoms with van der Waals surface area (Å²) in [6.45, 7) is 0.672. The summed E-state index contributed by atoms with van der Waals surface area (Å²) in [5, 5.41) is 4.06. The van der Waals surface area contributed by atoms with Crippen LogP contribution in [-0.4, -0.2) is 19.2 Å². The van der Waals surface area contributed by atoms with E-state index in [-0.39, 0.29) is 0 Å². The molecule has 0 spiro atoms. The molecule has 4 nitrogen and oxygen atoms in total. The van der Waals surface area contributed by atoms with Crippen LogP contribution < -0.4 is 14.8 Å². The third-order valence-electron chi connectivity index (χ3n) is 3.84. The molecule has 0 fully saturated rings. The van der Waals surface area contributed by atoms with Crippen molar-refractivity contribution in [1.29, 1.82) is 0 Å². The summed E-state index contributed by atoms with van der Waals surface area (Å²) in [4.78, 5) is 4.19. The van der Waals surface area contributed by atoms with Crippen molar-refractivity contribution >= 4 is 17.3 Å². The minimum atomic E-state index is 0.596. The molecule has 0 saturated heterocycles. The molecule has 5 heteroatoms. The lowest BCUT2D eigenvalue weighted by Crippen LogP contribution is -2.01. The average Bonchev–Trinajstić information content (AvgIpc) is 2.66. The molecule has 128 valence electrons. The maximum absolute atomic E-state index is 6.13. The smallest absolute Gasteiger partial charge is 0.213 e. The van der Waals surface area contributed by atoms with Gasteiger partial charge in [-0.3, -0.25) is 0 Å². The van der Waals surface area contributed by atoms with Crippen molar-refractivity contribution < 1.29 is 9.47 Å². The van der Waals surface area contributed by atoms with Crippen LogP contribution in [0.4, 0.5) is 5.69 Å². The van der Waals surface area contributed by atoms with E-state index in [0.717, 1.165) is 28.1 Å². The fourth-order valence-corrected chi connectivity index (χ4v) is 2.75. The number of pyridine rings is 1. The fourth-order valence-electron chi connectivity index (χ4n) is 2.56. The Morgan fingerprint density at radius 2 is 1.88 bits per heavy atom. The van der Waals surface area contributed by atoms with Gasteiger partial charge in [0.15, 0.2) is 0 Å². The Bertz CT molecular complexity index is 851. The zero-order valence-electron chi connectivity index (χ0n) is 14.1. The summed E-state index contributed by atoms with van der Waals surface area (Å²) < 4.78 is 10.6. The quantitative estimate of drug-likeness (QED) is 0.674. The average molecular weight is 355 g/mol. The summed E-state index contributed by atoms with van der Waals surface area (Å²) in [7, 11) is 3.27. The molecule has 0 aliphatic rings. The van der Waals surface area contributed by atoms with Crippen LogP contribution in [0.2, 0.25) is 5.02 Å². The second-order valence-corrected chi connectivity index (χ2v) is 5.92. The van der Waals surface area contributed by atoms with Gasteiger partial charge >= 0.3 is 0 Å². The van der Waals surface area contributed by atoms with Crippen molar-refractivity contribution in [2.75, 3.05) is 19.5 Å². The maximum atomic E-state index is 6.13. The minimum Gasteiger partial charge on any atom is -0.496 e. The van der Waals surface area contributed by atoms with E-state index < -0.39 is 0 Å². The standard InChI is InChI=1S/C20H19ClN2O2/c1-24-19-8-6-14(10-18(19)15-4-3-5-16(21)11-15)12-22-17-7-9-20(25-2)23-13-17/h3-11,13,22H,12H2,1-2H3. The van der Waals surface area contributed by atoms with E-state index in [1.807, 2.05) is 48.5 Å². The topological polar surface area (TPSA) is 43.4 Å². The Hall–Kier alpha value is -2.72. The first-order chi connectivity index (χ1) is 12.2. The van der Waals surface area contributed by atoms with Gasteiger partial charge in [-0.15, -0.1) is 0 Å². The molecule has 0 unspecified atom stereocenters. The minimum absolute atomic E-state index is 0.596. The van der Waals surface area contributed by atoms with E-state index in [4.69, 9.17) is 21.1 Å². The van der Waals surface area contributed by atoms with Crippen LogP contribution >= 0.6 is 11.6 Å². The Morgan fingerprint density at radius 1 is 1.00 bits per heavy atom. The summed E-state index contributed by atoms with van der Waals surface area (Å²) in [6.07, 6.45) is 1.75. The van der Waals surface area contributed by atoms with E-state index in [0.29, 0.717) is 17.4 Å². The molecule has 25 heavy (non-hydrogen) atoms. The second kappa shape index (κ2) is 7.90. The molecule has 0 saturated carbocycles. The van der Waals surface area contributed by atoms with Gasteiger partial charge in [0.2, 0.25) is 5.88 Å². The number of nitrogens with zero attached hydrogens (tertiary/aromatic N) is 1. The lowest BCUT2D eigenvalue weighted by atomic mass is 10.0. The molecule has 0 atom stereocenters. The third-order valence-corrected chi connectivity index (χ3v) is 4.08. The highest BCUT2D eigenvalue weighted by atomic mass is 35.5. The number of rotatable bonds is 6. The molecule has 1 N–H and O–H groups in total. The summed E-state index contributed by atoms with van der Waals surface area (Å²) in [6, 6.07) is 17.6. The molecular weight excluding hydrogens is 336 g/mol. The SMILES string of the molecule is COc1ccc(NCc2ccc(OC)c(-c3cccc(Cl)c3)c2)cn1. The van der Waals surface area contributed by atoms with E-state index in [9.17, 15) is 0 Å². The Kier molecular flexibility index (Phi) is 5.41. The number of anilines is 1. The number of methoxy groups -OCH3 is 2. The van der Waals surface area contributed by atoms with Gasteiger partial charge in [-0.05, 0) is 41.5 Å². The summed E-state index contributed by atoms with van der Waals surface area (Å²) in [5.41, 5.74) is 4.10. The largest absolute Gasteiger partial charge is 0.496 e. The number of ether oxygens (including phenoxy) is 2. The van der Waals surface area contributed by atoms with E-state index in [1.165, 1.54) is 0 Å². The third kappa shape index (κ3) is 4.22. The van der Waals surface area contributed by atoms with Gasteiger partial charge in [0.1, 0.15) is 5.75 Å². The van der Waals surface area contributed by atoms with Gasteiger partial charge in [0, 0.05) is 23.2 Å². The van der Waals surface area contributed by atoms with Gasteiger partial charge in [0.25, 0.3) is 0 Å². The van der Waals surface area contributed by atoms with E-state index in [1.54, 1.807) is 20.4 Å². The summed E-state index contributed by atoms with van der Waals surface area (Å²) >= 11 is 6.13. The van der Waals surface area contributed by atoms with Crippen LogP contribution in [0.15, 0.2) is 60.8 Å². The van der Waals surface area contributed by atoms with Crippen molar-refractivity contribution in [3.05, 3.63) is 71.4 Å². The molecule has 0 amide bonds. The highest BCUT2D eigenvalue weighted by Gasteiger charge is 2.08. The van der Waals surface area contributed by atoms with Gasteiger partial charge < -0.3 is 14.8 Å². The van der Waals surface area contributed by atoms with Gasteiger partial charge in [-0.25, -0.2) is 4.98 Å². The predicted molar refractivity (Wildman–Crippen MR) is 102 cm³/mol. The second-order valence-electron chi connectivity index (χ2n) is 5.49. The van der Waals surface area contributed by atoms with Crippen LogP contribution in [0.1, 0.15) is 5.56 Å². The molecule has 1 heterocycles. The Labute approximate surface area is 152 Å². The maximum Gasteiger partial charge on any atom is 0.213 e. The monoisotopic (exact) mass is 354 g/mol. The van der Waals surface area contributed by atoms with Crippen LogP contribution in [0, 0.1) is 0 Å². The Balaban J connectivity index is 1.81. The zero-order valence-corrected chi connectivity index (χ0v) is 14.9. The van der Waals surface area contributed by atoms with E-state index >= 15 is 0 Å². The Morgan fingerprint density at radius 3 is 2.56 bits per heavy atom. The van der Waals surface area contributed by atoms with Crippen molar-refractivity contribution in [1.82, 2.24) is 4.98 Å². The van der Waals surface area contributed by atoms with Gasteiger partial charge in [0.05, 0.1) is 26.1 Å². The van der Waals surface area contributed by atoms with E-state index in [2.05, 4.69) is 16.4 Å². The lowest BCUT2D eigenvalue weighted by molar-refractivity contribution is 0.398. The van der Waals surface area contributed by atoms with Crippen molar-refractivity contribution in [3.8, 4) is 22.8 Å². The number of benzene rings is 2. The molecule has 0 aliphatic carbocycles.